The molecule has 4 aliphatic rings. The van der Waals surface area contributed by atoms with Gasteiger partial charge in [0.2, 0.25) is 11.9 Å². The molecule has 2 amide bonds. The van der Waals surface area contributed by atoms with Crippen molar-refractivity contribution in [1.29, 1.82) is 0 Å². The van der Waals surface area contributed by atoms with E-state index in [4.69, 9.17) is 17.8 Å². The number of guanidine groups is 2. The first-order valence-corrected chi connectivity index (χ1v) is 23.7. The number of nitrogens with zero attached hydrogens (tertiary/aromatic N) is 6. The first kappa shape index (κ1) is 55.3. The maximum Gasteiger partial charge on any atom is 0.471 e. The fraction of sp³-hybridized carbons (Fsp3) is 0.550. The summed E-state index contributed by atoms with van der Waals surface area (Å²) in [6.45, 7) is 9.03. The van der Waals surface area contributed by atoms with Crippen molar-refractivity contribution in [2.45, 2.75) is 109 Å². The monoisotopic (exact) mass is 1010 g/mol. The summed E-state index contributed by atoms with van der Waals surface area (Å²) in [6, 6.07) is 6.52. The average Bonchev–Trinajstić information content (AvgIpc) is 4.06. The lowest BCUT2D eigenvalue weighted by molar-refractivity contribution is -0.167. The number of hydrogen-bond donors (Lipinski definition) is 4. The van der Waals surface area contributed by atoms with Gasteiger partial charge in [-0.15, -0.1) is 0 Å². The van der Waals surface area contributed by atoms with Crippen molar-refractivity contribution >= 4 is 77.3 Å². The Morgan fingerprint density at radius 2 is 1.17 bits per heavy atom. The van der Waals surface area contributed by atoms with Crippen LogP contribution >= 0.6 is 10.7 Å². The lowest BCUT2D eigenvalue weighted by Gasteiger charge is -2.24. The van der Waals surface area contributed by atoms with Crippen molar-refractivity contribution in [3.8, 4) is 0 Å². The van der Waals surface area contributed by atoms with Crippen LogP contribution in [0.1, 0.15) is 85.1 Å². The largest absolute Gasteiger partial charge is 0.471 e. The van der Waals surface area contributed by atoms with Gasteiger partial charge in [0.25, 0.3) is 19.1 Å². The van der Waals surface area contributed by atoms with E-state index in [-0.39, 0.29) is 51.1 Å². The van der Waals surface area contributed by atoms with Crippen LogP contribution in [0.25, 0.3) is 0 Å². The van der Waals surface area contributed by atoms with E-state index in [2.05, 4.69) is 31.1 Å². The number of hydrogen-bond acceptors (Lipinski definition) is 10. The highest BCUT2D eigenvalue weighted by atomic mass is 35.7. The standard InChI is InChI=1S/C19H24F3N5O3S.C10H18N4.C9H7ClF3NO3S.CH3F.CH4/c1-3-23-17(27-12-18(11-24-27)8-4-5-9-18)26-31(29,30)14-6-7-15(13(2)10-14)25-16(28)19(20,21)22;1-2-12-9(11)14-8-10(7-13-14)5-3-4-6-10;1-5-4-6(18(10,16)17)2-3-7(5)14-8(15)9(11,12)13;1-2;/h6-7,10-11H,3-5,8-9,12H2,1-2H3,(H,23,26)(H,25,28);7H,2-6,8H2,1H3,(H2,11,12);2-4H,1H3,(H,14,15);1H3;1H4/i;;;1D;. The lowest BCUT2D eigenvalue weighted by Crippen LogP contribution is -2.43. The predicted octanol–water partition coefficient (Wildman–Crippen LogP) is 7.84. The zero-order valence-corrected chi connectivity index (χ0v) is 38.3. The van der Waals surface area contributed by atoms with Gasteiger partial charge in [-0.2, -0.15) is 36.5 Å². The summed E-state index contributed by atoms with van der Waals surface area (Å²) in [6.07, 6.45) is 3.23. The number of nitrogens with two attached hydrogens (primary N) is 1. The SMILES string of the molecule is C.CCN=C(N)N1CC2(C=N1)CCCC2.CCN=C(NS(=O)(=O)c1ccc(NC(=O)C(F)(F)F)c(C)c1)N1CC2(C=N1)CCCC2.Cc1cc(S(=O)(=O)Cl)ccc1NC(=O)C(F)(F)F.[2H]CF. The Kier molecular flexibility index (Phi) is 19.8. The van der Waals surface area contributed by atoms with Crippen molar-refractivity contribution in [2.75, 3.05) is 44.0 Å². The fourth-order valence-corrected chi connectivity index (χ4v) is 9.09. The van der Waals surface area contributed by atoms with Crippen molar-refractivity contribution < 1.29 is 58.5 Å². The van der Waals surface area contributed by atoms with Crippen LogP contribution in [0.4, 0.5) is 42.1 Å². The Labute approximate surface area is 386 Å². The number of hydrazone groups is 2. The third kappa shape index (κ3) is 15.8. The Morgan fingerprint density at radius 1 is 0.773 bits per heavy atom. The van der Waals surface area contributed by atoms with Crippen LogP contribution in [-0.4, -0.2) is 109 Å². The number of carbonyl (C=O) groups is 2. The molecule has 16 nitrogen and oxygen atoms in total. The van der Waals surface area contributed by atoms with Gasteiger partial charge >= 0.3 is 24.2 Å². The van der Waals surface area contributed by atoms with Crippen LogP contribution in [0.15, 0.2) is 66.4 Å². The van der Waals surface area contributed by atoms with Gasteiger partial charge in [0, 0.05) is 58.4 Å². The van der Waals surface area contributed by atoms with Gasteiger partial charge in [0.05, 0.1) is 31.4 Å². The van der Waals surface area contributed by atoms with Crippen molar-refractivity contribution in [3.63, 3.8) is 0 Å². The number of halogens is 8. The minimum atomic E-state index is -5.04. The number of alkyl halides is 7. The molecule has 0 radical (unpaired) electrons. The molecule has 6 rings (SSSR count). The summed E-state index contributed by atoms with van der Waals surface area (Å²) in [5.41, 5.74) is 6.10. The minimum absolute atomic E-state index is 0. The summed E-state index contributed by atoms with van der Waals surface area (Å²) in [5, 5.41) is 15.4. The number of amides is 2. The molecule has 0 atom stereocenters. The molecule has 2 saturated carbocycles. The summed E-state index contributed by atoms with van der Waals surface area (Å²) < 4.78 is 139. The zero-order chi connectivity index (χ0) is 49.7. The Bertz CT molecular complexity index is 2380. The van der Waals surface area contributed by atoms with Gasteiger partial charge in [-0.3, -0.25) is 24.0 Å². The summed E-state index contributed by atoms with van der Waals surface area (Å²) >= 11 is 0. The molecule has 2 aliphatic carbocycles. The molecule has 2 fully saturated rings. The number of rotatable bonds is 7. The smallest absolute Gasteiger partial charge is 0.368 e. The van der Waals surface area contributed by atoms with Crippen LogP contribution in [0.2, 0.25) is 0 Å². The van der Waals surface area contributed by atoms with Crippen LogP contribution in [-0.2, 0) is 28.7 Å². The van der Waals surface area contributed by atoms with E-state index in [0.717, 1.165) is 69.1 Å². The third-order valence-electron chi connectivity index (χ3n) is 10.4. The van der Waals surface area contributed by atoms with Crippen LogP contribution < -0.4 is 21.1 Å². The molecule has 2 aliphatic heterocycles. The average molecular weight is 1010 g/mol. The van der Waals surface area contributed by atoms with Gasteiger partial charge in [-0.25, -0.2) is 31.6 Å². The highest BCUT2D eigenvalue weighted by molar-refractivity contribution is 8.13. The molecule has 0 saturated heterocycles. The molecular formula is C40H56ClF7N10O6S2. The second-order valence-electron chi connectivity index (χ2n) is 15.3. The number of nitrogens with one attached hydrogen (secondary N) is 3. The third-order valence-corrected chi connectivity index (χ3v) is 13.1. The Balaban J connectivity index is 0.000000362. The zero-order valence-electron chi connectivity index (χ0n) is 36.9. The number of anilines is 2. The van der Waals surface area contributed by atoms with Gasteiger partial charge in [-0.1, -0.05) is 33.1 Å². The number of carbonyl (C=O) groups excluding carboxylic acids is 2. The first-order chi connectivity index (χ1) is 30.6. The van der Waals surface area contributed by atoms with Crippen molar-refractivity contribution in [1.82, 2.24) is 14.7 Å². The maximum atomic E-state index is 12.9. The van der Waals surface area contributed by atoms with Crippen LogP contribution in [0.3, 0.4) is 0 Å². The highest BCUT2D eigenvalue weighted by Gasteiger charge is 2.42. The summed E-state index contributed by atoms with van der Waals surface area (Å²) in [4.78, 5) is 29.8. The predicted molar refractivity (Wildman–Crippen MR) is 241 cm³/mol. The maximum absolute atomic E-state index is 12.9. The van der Waals surface area contributed by atoms with E-state index in [1.807, 2.05) is 18.1 Å². The number of sulfonamides is 1. The number of aryl methyl sites for hydroxylation is 2. The molecule has 26 heteroatoms. The van der Waals surface area contributed by atoms with Gasteiger partial charge in [0.1, 0.15) is 0 Å². The Hall–Kier alpha value is -5.04. The minimum Gasteiger partial charge on any atom is -0.368 e. The first-order valence-electron chi connectivity index (χ1n) is 20.7. The van der Waals surface area contributed by atoms with E-state index in [0.29, 0.717) is 24.5 Å². The summed E-state index contributed by atoms with van der Waals surface area (Å²) in [5.74, 6) is -3.61. The van der Waals surface area contributed by atoms with Gasteiger partial charge in [0.15, 0.2) is 0 Å². The van der Waals surface area contributed by atoms with Crippen LogP contribution in [0.5, 0.6) is 0 Å². The molecule has 2 spiro atoms. The van der Waals surface area contributed by atoms with E-state index in [9.17, 15) is 57.2 Å². The van der Waals surface area contributed by atoms with Gasteiger partial charge < -0.3 is 16.4 Å². The molecule has 2 aromatic rings. The molecule has 0 aromatic heterocycles. The highest BCUT2D eigenvalue weighted by Crippen LogP contribution is 2.41. The van der Waals surface area contributed by atoms with E-state index < -0.39 is 50.4 Å². The summed E-state index contributed by atoms with van der Waals surface area (Å²) in [7, 11) is -3.98. The molecule has 0 unspecified atom stereocenters. The Morgan fingerprint density at radius 3 is 1.56 bits per heavy atom. The van der Waals surface area contributed by atoms with Crippen molar-refractivity contribution in [2.24, 2.45) is 36.8 Å². The quantitative estimate of drug-likeness (QED) is 0.0917. The number of benzene rings is 2. The molecule has 66 heavy (non-hydrogen) atoms. The molecule has 370 valence electrons. The number of aliphatic imine (C=N–C) groups is 2. The van der Waals surface area contributed by atoms with E-state index >= 15 is 0 Å². The van der Waals surface area contributed by atoms with Gasteiger partial charge in [-0.05, 0) is 101 Å². The topological polar surface area (TPSA) is 220 Å². The molecule has 5 N–H and O–H groups in total. The normalized spacial score (nSPS) is 17.7. The van der Waals surface area contributed by atoms with Crippen LogP contribution in [0, 0.1) is 24.7 Å². The lowest BCUT2D eigenvalue weighted by atomic mass is 9.88. The molecular weight excluding hydrogens is 949 g/mol. The van der Waals surface area contributed by atoms with Crippen molar-refractivity contribution in [3.05, 3.63) is 47.5 Å². The second kappa shape index (κ2) is 23.6. The fourth-order valence-electron chi connectivity index (χ4n) is 7.14. The molecule has 2 heterocycles. The molecule has 2 aromatic carbocycles. The van der Waals surface area contributed by atoms with E-state index in [1.165, 1.54) is 50.6 Å². The molecule has 0 bridgehead atoms. The van der Waals surface area contributed by atoms with E-state index in [1.54, 1.807) is 17.6 Å². The second-order valence-corrected chi connectivity index (χ2v) is 19.5.